The van der Waals surface area contributed by atoms with Crippen molar-refractivity contribution in [3.63, 3.8) is 0 Å². The number of hydrogen-bond acceptors (Lipinski definition) is 2. The van der Waals surface area contributed by atoms with E-state index in [0.717, 1.165) is 30.6 Å². The van der Waals surface area contributed by atoms with Gasteiger partial charge in [-0.25, -0.2) is 0 Å². The molecule has 1 amide bonds. The van der Waals surface area contributed by atoms with E-state index < -0.39 is 0 Å². The van der Waals surface area contributed by atoms with Crippen LogP contribution in [0.25, 0.3) is 0 Å². The van der Waals surface area contributed by atoms with E-state index in [9.17, 15) is 4.79 Å². The van der Waals surface area contributed by atoms with Crippen LogP contribution in [0.1, 0.15) is 60.6 Å². The number of nitrogens with zero attached hydrogens (tertiary/aromatic N) is 1. The zero-order valence-corrected chi connectivity index (χ0v) is 15.3. The van der Waals surface area contributed by atoms with Gasteiger partial charge in [-0.3, -0.25) is 4.79 Å². The number of carbonyl (C=O) groups excluding carboxylic acids is 1. The Morgan fingerprint density at radius 1 is 1.00 bits per heavy atom. The first-order chi connectivity index (χ1) is 12.2. The lowest BCUT2D eigenvalue weighted by molar-refractivity contribution is 0.0940. The molecule has 2 aromatic carbocycles. The quantitative estimate of drug-likeness (QED) is 0.856. The van der Waals surface area contributed by atoms with Gasteiger partial charge in [0.25, 0.3) is 5.91 Å². The highest BCUT2D eigenvalue weighted by molar-refractivity contribution is 5.94. The Bertz CT molecular complexity index is 685. The predicted octanol–water partition coefficient (Wildman–Crippen LogP) is 4.73. The summed E-state index contributed by atoms with van der Waals surface area (Å²) in [6.45, 7) is 6.42. The fourth-order valence-corrected chi connectivity index (χ4v) is 3.38. The minimum atomic E-state index is -0.0164. The largest absolute Gasteiger partial charge is 0.372 e. The molecular weight excluding hydrogens is 308 g/mol. The first-order valence-electron chi connectivity index (χ1n) is 9.42. The van der Waals surface area contributed by atoms with Crippen LogP contribution < -0.4 is 10.2 Å². The number of piperidine rings is 1. The molecule has 1 N–H and O–H groups in total. The smallest absolute Gasteiger partial charge is 0.251 e. The van der Waals surface area contributed by atoms with E-state index in [1.54, 1.807) is 0 Å². The molecule has 1 aliphatic rings. The van der Waals surface area contributed by atoms with E-state index in [4.69, 9.17) is 0 Å². The highest BCUT2D eigenvalue weighted by Gasteiger charge is 2.14. The third-order valence-corrected chi connectivity index (χ3v) is 5.09. The number of aryl methyl sites for hydroxylation is 1. The van der Waals surface area contributed by atoms with E-state index in [2.05, 4.69) is 53.5 Å². The molecule has 0 saturated carbocycles. The topological polar surface area (TPSA) is 32.3 Å². The summed E-state index contributed by atoms with van der Waals surface area (Å²) < 4.78 is 0. The standard InChI is InChI=1S/C22H28N2O/c1-3-18-7-9-19(10-8-18)17(2)23-22(25)20-11-13-21(14-12-20)24-15-5-4-6-16-24/h7-14,17H,3-6,15-16H2,1-2H3,(H,23,25). The molecule has 3 heteroatoms. The number of amides is 1. The first kappa shape index (κ1) is 17.5. The predicted molar refractivity (Wildman–Crippen MR) is 104 cm³/mol. The van der Waals surface area contributed by atoms with E-state index in [0.29, 0.717) is 0 Å². The Morgan fingerprint density at radius 2 is 1.64 bits per heavy atom. The first-order valence-corrected chi connectivity index (χ1v) is 9.42. The SMILES string of the molecule is CCc1ccc(C(C)NC(=O)c2ccc(N3CCCCC3)cc2)cc1. The highest BCUT2D eigenvalue weighted by atomic mass is 16.1. The van der Waals surface area contributed by atoms with Crippen LogP contribution in [0.4, 0.5) is 5.69 Å². The number of hydrogen-bond donors (Lipinski definition) is 1. The second-order valence-electron chi connectivity index (χ2n) is 6.88. The molecule has 1 saturated heterocycles. The number of benzene rings is 2. The summed E-state index contributed by atoms with van der Waals surface area (Å²) >= 11 is 0. The summed E-state index contributed by atoms with van der Waals surface area (Å²) in [6, 6.07) is 16.5. The monoisotopic (exact) mass is 336 g/mol. The van der Waals surface area contributed by atoms with Gasteiger partial charge < -0.3 is 10.2 Å². The molecule has 2 aromatic rings. The molecule has 1 fully saturated rings. The van der Waals surface area contributed by atoms with Crippen LogP contribution in [0, 0.1) is 0 Å². The average Bonchev–Trinajstić information content (AvgIpc) is 2.68. The fourth-order valence-electron chi connectivity index (χ4n) is 3.38. The third-order valence-electron chi connectivity index (χ3n) is 5.09. The average molecular weight is 336 g/mol. The van der Waals surface area contributed by atoms with Crippen molar-refractivity contribution in [2.24, 2.45) is 0 Å². The zero-order valence-electron chi connectivity index (χ0n) is 15.3. The molecule has 25 heavy (non-hydrogen) atoms. The molecule has 1 unspecified atom stereocenters. The van der Waals surface area contributed by atoms with Crippen molar-refractivity contribution in [1.82, 2.24) is 5.32 Å². The maximum absolute atomic E-state index is 12.5. The summed E-state index contributed by atoms with van der Waals surface area (Å²) in [5, 5.41) is 3.10. The molecule has 1 aliphatic heterocycles. The van der Waals surface area contributed by atoms with Gasteiger partial charge in [0.2, 0.25) is 0 Å². The normalized spacial score (nSPS) is 15.7. The van der Waals surface area contributed by atoms with Crippen molar-refractivity contribution >= 4 is 11.6 Å². The number of carbonyl (C=O) groups is 1. The fraction of sp³-hybridized carbons (Fsp3) is 0.409. The lowest BCUT2D eigenvalue weighted by Crippen LogP contribution is -2.29. The van der Waals surface area contributed by atoms with Crippen LogP contribution in [0.5, 0.6) is 0 Å². The van der Waals surface area contributed by atoms with E-state index in [1.165, 1.54) is 30.5 Å². The second kappa shape index (κ2) is 8.19. The van der Waals surface area contributed by atoms with Crippen LogP contribution in [0.2, 0.25) is 0 Å². The summed E-state index contributed by atoms with van der Waals surface area (Å²) in [5.41, 5.74) is 4.39. The van der Waals surface area contributed by atoms with Gasteiger partial charge in [-0.05, 0) is 68.0 Å². The Morgan fingerprint density at radius 3 is 2.24 bits per heavy atom. The molecule has 3 rings (SSSR count). The molecule has 132 valence electrons. The lowest BCUT2D eigenvalue weighted by Gasteiger charge is -2.28. The van der Waals surface area contributed by atoms with Gasteiger partial charge in [0.1, 0.15) is 0 Å². The highest BCUT2D eigenvalue weighted by Crippen LogP contribution is 2.21. The summed E-state index contributed by atoms with van der Waals surface area (Å²) in [7, 11) is 0. The zero-order chi connectivity index (χ0) is 17.6. The lowest BCUT2D eigenvalue weighted by atomic mass is 10.0. The van der Waals surface area contributed by atoms with Crippen LogP contribution in [0.3, 0.4) is 0 Å². The van der Waals surface area contributed by atoms with Gasteiger partial charge in [-0.15, -0.1) is 0 Å². The molecule has 3 nitrogen and oxygen atoms in total. The van der Waals surface area contributed by atoms with Crippen molar-refractivity contribution in [2.45, 2.75) is 45.6 Å². The molecule has 0 aromatic heterocycles. The van der Waals surface area contributed by atoms with Crippen molar-refractivity contribution in [3.05, 3.63) is 65.2 Å². The molecule has 0 spiro atoms. The van der Waals surface area contributed by atoms with Crippen LogP contribution >= 0.6 is 0 Å². The van der Waals surface area contributed by atoms with Gasteiger partial charge in [0.15, 0.2) is 0 Å². The van der Waals surface area contributed by atoms with Crippen molar-refractivity contribution < 1.29 is 4.79 Å². The second-order valence-corrected chi connectivity index (χ2v) is 6.88. The van der Waals surface area contributed by atoms with Crippen molar-refractivity contribution in [2.75, 3.05) is 18.0 Å². The summed E-state index contributed by atoms with van der Waals surface area (Å²) in [4.78, 5) is 14.9. The Hall–Kier alpha value is -2.29. The number of anilines is 1. The number of nitrogens with one attached hydrogen (secondary N) is 1. The van der Waals surface area contributed by atoms with Crippen LogP contribution in [0.15, 0.2) is 48.5 Å². The van der Waals surface area contributed by atoms with Gasteiger partial charge in [-0.1, -0.05) is 31.2 Å². The minimum Gasteiger partial charge on any atom is -0.372 e. The van der Waals surface area contributed by atoms with E-state index in [-0.39, 0.29) is 11.9 Å². The summed E-state index contributed by atoms with van der Waals surface area (Å²) in [6.07, 6.45) is 4.88. The molecule has 1 atom stereocenters. The maximum atomic E-state index is 12.5. The molecule has 0 bridgehead atoms. The Labute approximate surface area is 151 Å². The van der Waals surface area contributed by atoms with Gasteiger partial charge in [0.05, 0.1) is 6.04 Å². The maximum Gasteiger partial charge on any atom is 0.251 e. The molecule has 1 heterocycles. The summed E-state index contributed by atoms with van der Waals surface area (Å²) in [5.74, 6) is -0.0164. The van der Waals surface area contributed by atoms with Crippen LogP contribution in [-0.2, 0) is 6.42 Å². The Balaban J connectivity index is 1.61. The van der Waals surface area contributed by atoms with E-state index >= 15 is 0 Å². The van der Waals surface area contributed by atoms with Gasteiger partial charge in [0, 0.05) is 24.3 Å². The molecular formula is C22H28N2O. The minimum absolute atomic E-state index is 0.000164. The van der Waals surface area contributed by atoms with Gasteiger partial charge in [-0.2, -0.15) is 0 Å². The van der Waals surface area contributed by atoms with Crippen molar-refractivity contribution in [3.8, 4) is 0 Å². The van der Waals surface area contributed by atoms with Crippen molar-refractivity contribution in [1.29, 1.82) is 0 Å². The van der Waals surface area contributed by atoms with Gasteiger partial charge >= 0.3 is 0 Å². The van der Waals surface area contributed by atoms with Crippen LogP contribution in [-0.4, -0.2) is 19.0 Å². The third kappa shape index (κ3) is 4.41. The molecule has 0 aliphatic carbocycles. The number of rotatable bonds is 5. The molecule has 0 radical (unpaired) electrons. The Kier molecular flexibility index (Phi) is 5.75. The van der Waals surface area contributed by atoms with E-state index in [1.807, 2.05) is 19.1 Å².